The van der Waals surface area contributed by atoms with Gasteiger partial charge in [-0.05, 0) is 54.3 Å². The fraction of sp³-hybridized carbons (Fsp3) is 0.250. The van der Waals surface area contributed by atoms with Gasteiger partial charge in [-0.25, -0.2) is 19.3 Å². The molecule has 15 heteroatoms. The third-order valence-corrected chi connectivity index (χ3v) is 8.01. The van der Waals surface area contributed by atoms with Gasteiger partial charge in [0.15, 0.2) is 11.0 Å². The van der Waals surface area contributed by atoms with Gasteiger partial charge < -0.3 is 15.2 Å². The molecule has 0 spiro atoms. The van der Waals surface area contributed by atoms with E-state index in [1.54, 1.807) is 24.3 Å². The number of alkyl halides is 3. The van der Waals surface area contributed by atoms with Crippen molar-refractivity contribution in [2.24, 2.45) is 4.99 Å². The number of nitrogens with zero attached hydrogens (tertiary/aromatic N) is 5. The number of hydrogen-bond donors (Lipinski definition) is 2. The van der Waals surface area contributed by atoms with Gasteiger partial charge in [0.05, 0.1) is 17.1 Å². The highest BCUT2D eigenvalue weighted by Gasteiger charge is 2.33. The topological polar surface area (TPSA) is 139 Å². The fourth-order valence-corrected chi connectivity index (χ4v) is 5.69. The van der Waals surface area contributed by atoms with Crippen molar-refractivity contribution >= 4 is 40.5 Å². The summed E-state index contributed by atoms with van der Waals surface area (Å²) in [6.07, 6.45) is -3.44. The maximum atomic E-state index is 12.9. The molecular weight excluding hydrogens is 637 g/mol. The average molecular weight is 667 g/mol. The smallest absolute Gasteiger partial charge is 0.480 e. The summed E-state index contributed by atoms with van der Waals surface area (Å²) in [6.45, 7) is 5.96. The Hall–Kier alpha value is -5.18. The van der Waals surface area contributed by atoms with E-state index in [1.807, 2.05) is 39.0 Å². The summed E-state index contributed by atoms with van der Waals surface area (Å²) < 4.78 is 42.6. The van der Waals surface area contributed by atoms with Crippen molar-refractivity contribution in [3.63, 3.8) is 0 Å². The van der Waals surface area contributed by atoms with Crippen molar-refractivity contribution in [3.05, 3.63) is 89.7 Å². The summed E-state index contributed by atoms with van der Waals surface area (Å²) in [7, 11) is 0. The van der Waals surface area contributed by atoms with Crippen LogP contribution >= 0.6 is 11.8 Å². The Kier molecular flexibility index (Phi) is 9.65. The molecule has 4 aromatic rings. The molecule has 1 saturated heterocycles. The Bertz CT molecular complexity index is 1820. The van der Waals surface area contributed by atoms with Gasteiger partial charge >= 0.3 is 18.4 Å². The Labute approximate surface area is 271 Å². The molecule has 3 amide bonds. The molecule has 0 saturated carbocycles. The molecule has 244 valence electrons. The van der Waals surface area contributed by atoms with Gasteiger partial charge in [-0.15, -0.1) is 18.3 Å². The van der Waals surface area contributed by atoms with Gasteiger partial charge in [-0.3, -0.25) is 9.69 Å². The van der Waals surface area contributed by atoms with Crippen molar-refractivity contribution in [1.82, 2.24) is 20.1 Å². The van der Waals surface area contributed by atoms with Gasteiger partial charge in [0, 0.05) is 12.0 Å². The number of ether oxygens (including phenoxy) is 1. The van der Waals surface area contributed by atoms with E-state index in [1.165, 1.54) is 28.0 Å². The third-order valence-electron chi connectivity index (χ3n) is 7.08. The molecule has 3 aromatic carbocycles. The maximum Gasteiger partial charge on any atom is 0.573 e. The second-order valence-electron chi connectivity index (χ2n) is 10.9. The van der Waals surface area contributed by atoms with E-state index in [4.69, 9.17) is 0 Å². The van der Waals surface area contributed by atoms with Crippen LogP contribution < -0.4 is 15.0 Å². The number of hydrogen-bond acceptors (Lipinski definition) is 7. The second-order valence-corrected chi connectivity index (χ2v) is 11.9. The van der Waals surface area contributed by atoms with Crippen LogP contribution in [-0.2, 0) is 16.0 Å². The predicted molar refractivity (Wildman–Crippen MR) is 170 cm³/mol. The van der Waals surface area contributed by atoms with E-state index >= 15 is 0 Å². The zero-order valence-electron chi connectivity index (χ0n) is 25.4. The monoisotopic (exact) mass is 666 g/mol. The number of anilines is 1. The number of carbonyl (C=O) groups is 3. The van der Waals surface area contributed by atoms with Crippen LogP contribution in [0.5, 0.6) is 5.75 Å². The van der Waals surface area contributed by atoms with Crippen LogP contribution in [0.2, 0.25) is 0 Å². The number of halogens is 3. The number of rotatable bonds is 9. The number of amidine groups is 1. The first-order valence-electron chi connectivity index (χ1n) is 14.3. The van der Waals surface area contributed by atoms with E-state index in [0.717, 1.165) is 35.0 Å². The van der Waals surface area contributed by atoms with Crippen molar-refractivity contribution in [2.75, 3.05) is 10.7 Å². The van der Waals surface area contributed by atoms with Crippen molar-refractivity contribution in [2.45, 2.75) is 45.5 Å². The fourth-order valence-electron chi connectivity index (χ4n) is 4.84. The van der Waals surface area contributed by atoms with E-state index in [9.17, 15) is 32.7 Å². The summed E-state index contributed by atoms with van der Waals surface area (Å²) in [5, 5.41) is 16.8. The normalized spacial score (nSPS) is 14.9. The number of aryl methyl sites for hydroxylation is 1. The van der Waals surface area contributed by atoms with Gasteiger partial charge in [-0.1, -0.05) is 67.6 Å². The first-order chi connectivity index (χ1) is 22.3. The van der Waals surface area contributed by atoms with Crippen molar-refractivity contribution in [1.29, 1.82) is 0 Å². The van der Waals surface area contributed by atoms with Crippen molar-refractivity contribution < 1.29 is 37.4 Å². The molecule has 2 N–H and O–H groups in total. The molecule has 2 heterocycles. The van der Waals surface area contributed by atoms with Crippen LogP contribution in [0, 0.1) is 6.92 Å². The van der Waals surface area contributed by atoms with E-state index < -0.39 is 24.4 Å². The maximum absolute atomic E-state index is 12.9. The number of carbonyl (C=O) groups excluding carboxylic acids is 2. The molecule has 1 atom stereocenters. The molecule has 1 fully saturated rings. The highest BCUT2D eigenvalue weighted by atomic mass is 32.2. The zero-order chi connectivity index (χ0) is 33.9. The molecule has 0 radical (unpaired) electrons. The lowest BCUT2D eigenvalue weighted by Gasteiger charge is -2.22. The molecule has 1 aliphatic heterocycles. The van der Waals surface area contributed by atoms with Crippen LogP contribution in [0.4, 0.5) is 23.7 Å². The van der Waals surface area contributed by atoms with Crippen LogP contribution in [0.25, 0.3) is 17.1 Å². The molecule has 47 heavy (non-hydrogen) atoms. The lowest BCUT2D eigenvalue weighted by molar-refractivity contribution is -0.274. The minimum absolute atomic E-state index is 0.0499. The quantitative estimate of drug-likeness (QED) is 0.218. The Morgan fingerprint density at radius 2 is 1.79 bits per heavy atom. The van der Waals surface area contributed by atoms with Crippen LogP contribution in [0.15, 0.2) is 78.0 Å². The van der Waals surface area contributed by atoms with Crippen molar-refractivity contribution in [3.8, 4) is 22.8 Å². The molecule has 5 rings (SSSR count). The summed E-state index contributed by atoms with van der Waals surface area (Å²) >= 11 is 1.11. The van der Waals surface area contributed by atoms with Crippen LogP contribution in [0.3, 0.4) is 0 Å². The molecule has 11 nitrogen and oxygen atoms in total. The number of aromatic nitrogens is 3. The summed E-state index contributed by atoms with van der Waals surface area (Å²) in [4.78, 5) is 47.5. The molecule has 0 bridgehead atoms. The van der Waals surface area contributed by atoms with Gasteiger partial charge in [-0.2, -0.15) is 4.99 Å². The van der Waals surface area contributed by atoms with Crippen LogP contribution in [-0.4, -0.2) is 61.1 Å². The lowest BCUT2D eigenvalue weighted by Crippen LogP contribution is -2.42. The zero-order valence-corrected chi connectivity index (χ0v) is 26.2. The Morgan fingerprint density at radius 1 is 1.09 bits per heavy atom. The number of benzene rings is 3. The van der Waals surface area contributed by atoms with E-state index in [0.29, 0.717) is 28.3 Å². The standard InChI is InChI=1S/C32H29F3N6O5S/c1-18(2)24-14-19(3)4-13-26(24)41-27(42)16-47-31(41)38-30(45)37-25(29(43)44)15-20-5-7-21(8-6-20)28-36-17-40(39-28)22-9-11-23(12-10-22)46-32(33,34)35/h4-14,17-18,25H,15-16H2,1-3H3,(H,37,45)(H,43,44). The van der Waals surface area contributed by atoms with E-state index in [2.05, 4.69) is 25.1 Å². The first kappa shape index (κ1) is 33.2. The summed E-state index contributed by atoms with van der Waals surface area (Å²) in [5.74, 6) is -1.32. The highest BCUT2D eigenvalue weighted by molar-refractivity contribution is 8.15. The number of aliphatic carboxylic acids is 1. The number of amides is 3. The Morgan fingerprint density at radius 3 is 2.43 bits per heavy atom. The molecule has 0 aliphatic carbocycles. The molecule has 1 unspecified atom stereocenters. The number of carboxylic acid groups (broad SMARTS) is 1. The van der Waals surface area contributed by atoms with Gasteiger partial charge in [0.2, 0.25) is 5.91 Å². The molecule has 1 aliphatic rings. The minimum Gasteiger partial charge on any atom is -0.480 e. The third kappa shape index (κ3) is 8.16. The first-order valence-corrected chi connectivity index (χ1v) is 15.3. The summed E-state index contributed by atoms with van der Waals surface area (Å²) in [6, 6.07) is 15.3. The largest absolute Gasteiger partial charge is 0.573 e. The van der Waals surface area contributed by atoms with Gasteiger partial charge in [0.25, 0.3) is 0 Å². The Balaban J connectivity index is 1.25. The van der Waals surface area contributed by atoms with E-state index in [-0.39, 0.29) is 34.9 Å². The number of carboxylic acids is 1. The molecular formula is C32H29F3N6O5S. The minimum atomic E-state index is -4.80. The van der Waals surface area contributed by atoms with Gasteiger partial charge in [0.1, 0.15) is 18.1 Å². The SMILES string of the molecule is Cc1ccc(N2C(=O)CSC2=NC(=O)NC(Cc2ccc(-c3ncn(-c4ccc(OC(F)(F)F)cc4)n3)cc2)C(=O)O)c(C(C)C)c1. The lowest BCUT2D eigenvalue weighted by atomic mass is 9.98. The predicted octanol–water partition coefficient (Wildman–Crippen LogP) is 6.11. The molecule has 1 aromatic heterocycles. The highest BCUT2D eigenvalue weighted by Crippen LogP contribution is 2.34. The average Bonchev–Trinajstić information content (AvgIpc) is 3.64. The number of nitrogens with one attached hydrogen (secondary N) is 1. The number of urea groups is 1. The second kappa shape index (κ2) is 13.7. The number of thioether (sulfide) groups is 1. The summed E-state index contributed by atoms with van der Waals surface area (Å²) in [5.41, 5.74) is 4.25. The van der Waals surface area contributed by atoms with Crippen LogP contribution in [0.1, 0.15) is 36.5 Å². The number of aliphatic imine (C=N–C) groups is 1.